The van der Waals surface area contributed by atoms with Crippen molar-refractivity contribution in [3.8, 4) is 11.1 Å². The van der Waals surface area contributed by atoms with Gasteiger partial charge in [-0.25, -0.2) is 4.98 Å². The Labute approximate surface area is 154 Å². The van der Waals surface area contributed by atoms with Crippen LogP contribution in [0.25, 0.3) is 21.3 Å². The maximum Gasteiger partial charge on any atom is 0.124 e. The van der Waals surface area contributed by atoms with Crippen LogP contribution in [0.2, 0.25) is 0 Å². The van der Waals surface area contributed by atoms with E-state index in [1.165, 1.54) is 77.5 Å². The number of hydrogen-bond acceptors (Lipinski definition) is 2. The van der Waals surface area contributed by atoms with Crippen LogP contribution in [0.15, 0.2) is 24.3 Å². The summed E-state index contributed by atoms with van der Waals surface area (Å²) in [5.41, 5.74) is 8.83. The molecule has 5 rings (SSSR count). The number of pyridine rings is 1. The van der Waals surface area contributed by atoms with Crippen LogP contribution in [0, 0.1) is 6.92 Å². The largest absolute Gasteiger partial charge is 0.241 e. The van der Waals surface area contributed by atoms with Gasteiger partial charge in [-0.3, -0.25) is 0 Å². The van der Waals surface area contributed by atoms with Gasteiger partial charge in [0.1, 0.15) is 4.83 Å². The van der Waals surface area contributed by atoms with Crippen LogP contribution in [0.3, 0.4) is 0 Å². The number of rotatable bonds is 1. The number of nitrogens with zero attached hydrogens (tertiary/aromatic N) is 1. The van der Waals surface area contributed by atoms with Crippen molar-refractivity contribution in [1.29, 1.82) is 0 Å². The molecular weight excluding hydrogens is 322 g/mol. The number of fused-ring (bicyclic) bond motifs is 4. The number of benzene rings is 1. The van der Waals surface area contributed by atoms with E-state index in [2.05, 4.69) is 38.1 Å². The van der Waals surface area contributed by atoms with E-state index >= 15 is 0 Å². The molecule has 3 aromatic rings. The van der Waals surface area contributed by atoms with Gasteiger partial charge in [0.25, 0.3) is 0 Å². The van der Waals surface area contributed by atoms with E-state index in [0.29, 0.717) is 5.92 Å². The first-order chi connectivity index (χ1) is 12.2. The fraction of sp³-hybridized carbons (Fsp3) is 0.435. The van der Waals surface area contributed by atoms with Gasteiger partial charge < -0.3 is 0 Å². The van der Waals surface area contributed by atoms with E-state index in [0.717, 1.165) is 0 Å². The Morgan fingerprint density at radius 3 is 2.76 bits per heavy atom. The zero-order valence-electron chi connectivity index (χ0n) is 15.2. The van der Waals surface area contributed by atoms with Crippen molar-refractivity contribution in [3.05, 3.63) is 51.5 Å². The Bertz CT molecular complexity index is 966. The van der Waals surface area contributed by atoms with Crippen molar-refractivity contribution in [2.45, 2.75) is 64.7 Å². The van der Waals surface area contributed by atoms with E-state index in [1.54, 1.807) is 16.0 Å². The number of aryl methyl sites for hydroxylation is 3. The average molecular weight is 348 g/mol. The quantitative estimate of drug-likeness (QED) is 0.484. The lowest BCUT2D eigenvalue weighted by Gasteiger charge is -2.25. The molecule has 0 N–H and O–H groups in total. The summed E-state index contributed by atoms with van der Waals surface area (Å²) < 4.78 is 0. The van der Waals surface area contributed by atoms with Gasteiger partial charge in [0.2, 0.25) is 0 Å². The van der Waals surface area contributed by atoms with Crippen LogP contribution < -0.4 is 0 Å². The highest BCUT2D eigenvalue weighted by atomic mass is 32.1. The normalized spacial score (nSPS) is 19.7. The second kappa shape index (κ2) is 5.95. The summed E-state index contributed by atoms with van der Waals surface area (Å²) >= 11 is 1.98. The van der Waals surface area contributed by atoms with Crippen LogP contribution in [0.4, 0.5) is 0 Å². The number of thiophene rings is 1. The summed E-state index contributed by atoms with van der Waals surface area (Å²) in [4.78, 5) is 8.14. The zero-order chi connectivity index (χ0) is 17.0. The SMILES string of the molecule is Cc1cccc(-c2c3c(nc4sc5c(c24)CCCC5)[C@H](C)CCC3)c1. The van der Waals surface area contributed by atoms with Gasteiger partial charge in [-0.1, -0.05) is 36.8 Å². The van der Waals surface area contributed by atoms with Gasteiger partial charge in [0, 0.05) is 16.0 Å². The Morgan fingerprint density at radius 1 is 1.04 bits per heavy atom. The van der Waals surface area contributed by atoms with Gasteiger partial charge in [-0.15, -0.1) is 11.3 Å². The van der Waals surface area contributed by atoms with Gasteiger partial charge in [-0.05, 0) is 80.0 Å². The van der Waals surface area contributed by atoms with Crippen molar-refractivity contribution in [2.75, 3.05) is 0 Å². The lowest BCUT2D eigenvalue weighted by atomic mass is 9.81. The average Bonchev–Trinajstić information content (AvgIpc) is 2.99. The first kappa shape index (κ1) is 15.6. The topological polar surface area (TPSA) is 12.9 Å². The van der Waals surface area contributed by atoms with Crippen molar-refractivity contribution in [3.63, 3.8) is 0 Å². The smallest absolute Gasteiger partial charge is 0.124 e. The molecule has 2 aromatic heterocycles. The molecule has 1 aromatic carbocycles. The molecule has 2 aliphatic rings. The van der Waals surface area contributed by atoms with E-state index < -0.39 is 0 Å². The highest BCUT2D eigenvalue weighted by Gasteiger charge is 2.27. The Hall–Kier alpha value is -1.67. The molecule has 1 atom stereocenters. The first-order valence-corrected chi connectivity index (χ1v) is 10.6. The van der Waals surface area contributed by atoms with Crippen LogP contribution in [-0.2, 0) is 19.3 Å². The lowest BCUT2D eigenvalue weighted by Crippen LogP contribution is -2.11. The molecule has 1 nitrogen and oxygen atoms in total. The van der Waals surface area contributed by atoms with E-state index in [-0.39, 0.29) is 0 Å². The molecule has 0 amide bonds. The van der Waals surface area contributed by atoms with E-state index in [1.807, 2.05) is 11.3 Å². The molecule has 0 radical (unpaired) electrons. The molecule has 0 spiro atoms. The molecule has 2 heteroatoms. The molecule has 128 valence electrons. The fourth-order valence-electron chi connectivity index (χ4n) is 4.85. The minimum atomic E-state index is 0.593. The lowest BCUT2D eigenvalue weighted by molar-refractivity contribution is 0.577. The second-order valence-electron chi connectivity index (χ2n) is 7.90. The maximum absolute atomic E-state index is 5.23. The van der Waals surface area contributed by atoms with Crippen molar-refractivity contribution < 1.29 is 0 Å². The molecule has 0 saturated heterocycles. The molecule has 0 unspecified atom stereocenters. The van der Waals surface area contributed by atoms with Gasteiger partial charge in [0.05, 0.1) is 0 Å². The summed E-state index contributed by atoms with van der Waals surface area (Å²) in [6, 6.07) is 9.11. The monoisotopic (exact) mass is 347 g/mol. The third kappa shape index (κ3) is 2.45. The predicted molar refractivity (Wildman–Crippen MR) is 108 cm³/mol. The summed E-state index contributed by atoms with van der Waals surface area (Å²) in [6.07, 6.45) is 8.94. The third-order valence-electron chi connectivity index (χ3n) is 6.07. The minimum absolute atomic E-state index is 0.593. The molecule has 2 aliphatic carbocycles. The van der Waals surface area contributed by atoms with E-state index in [4.69, 9.17) is 4.98 Å². The standard InChI is InChI=1S/C23H25NS/c1-14-7-5-9-16(13-14)20-18-11-6-8-15(2)22(18)24-23-21(20)17-10-3-4-12-19(17)25-23/h5,7,9,13,15H,3-4,6,8,10-12H2,1-2H3/t15-/m1/s1. The van der Waals surface area contributed by atoms with Crippen molar-refractivity contribution >= 4 is 21.6 Å². The van der Waals surface area contributed by atoms with Crippen LogP contribution in [0.1, 0.15) is 65.8 Å². The van der Waals surface area contributed by atoms with Gasteiger partial charge >= 0.3 is 0 Å². The fourth-order valence-corrected chi connectivity index (χ4v) is 6.12. The molecular formula is C23H25NS. The van der Waals surface area contributed by atoms with E-state index in [9.17, 15) is 0 Å². The van der Waals surface area contributed by atoms with Crippen molar-refractivity contribution in [1.82, 2.24) is 4.98 Å². The molecule has 0 fully saturated rings. The summed E-state index contributed by atoms with van der Waals surface area (Å²) in [7, 11) is 0. The molecule has 2 heterocycles. The Morgan fingerprint density at radius 2 is 1.88 bits per heavy atom. The third-order valence-corrected chi connectivity index (χ3v) is 7.26. The highest BCUT2D eigenvalue weighted by molar-refractivity contribution is 7.19. The summed E-state index contributed by atoms with van der Waals surface area (Å²) in [5.74, 6) is 0.593. The van der Waals surface area contributed by atoms with Gasteiger partial charge in [-0.2, -0.15) is 0 Å². The molecule has 25 heavy (non-hydrogen) atoms. The molecule has 0 aliphatic heterocycles. The zero-order valence-corrected chi connectivity index (χ0v) is 16.0. The number of aromatic nitrogens is 1. The van der Waals surface area contributed by atoms with Crippen molar-refractivity contribution in [2.24, 2.45) is 0 Å². The summed E-state index contributed by atoms with van der Waals surface area (Å²) in [6.45, 7) is 4.57. The Kier molecular flexibility index (Phi) is 3.71. The maximum atomic E-state index is 5.23. The molecule has 0 saturated carbocycles. The summed E-state index contributed by atoms with van der Waals surface area (Å²) in [5, 5.41) is 1.50. The minimum Gasteiger partial charge on any atom is -0.241 e. The van der Waals surface area contributed by atoms with Gasteiger partial charge in [0.15, 0.2) is 0 Å². The predicted octanol–water partition coefficient (Wildman–Crippen LogP) is 6.59. The van der Waals surface area contributed by atoms with Crippen LogP contribution >= 0.6 is 11.3 Å². The highest BCUT2D eigenvalue weighted by Crippen LogP contribution is 2.46. The Balaban J connectivity index is 1.90. The van der Waals surface area contributed by atoms with Crippen LogP contribution in [0.5, 0.6) is 0 Å². The number of hydrogen-bond donors (Lipinski definition) is 0. The van der Waals surface area contributed by atoms with Crippen LogP contribution in [-0.4, -0.2) is 4.98 Å². The second-order valence-corrected chi connectivity index (χ2v) is 8.99. The molecule has 0 bridgehead atoms. The first-order valence-electron chi connectivity index (χ1n) is 9.76.